The van der Waals surface area contributed by atoms with Gasteiger partial charge in [-0.2, -0.15) is 0 Å². The molecule has 1 fully saturated rings. The van der Waals surface area contributed by atoms with Crippen molar-refractivity contribution in [2.45, 2.75) is 6.42 Å². The zero-order valence-corrected chi connectivity index (χ0v) is 9.17. The Bertz CT molecular complexity index is 480. The molecule has 1 aromatic rings. The van der Waals surface area contributed by atoms with E-state index in [9.17, 15) is 9.18 Å². The van der Waals surface area contributed by atoms with Gasteiger partial charge in [-0.1, -0.05) is 11.6 Å². The fraction of sp³-hybridized carbons (Fsp3) is 0.250. The van der Waals surface area contributed by atoms with Gasteiger partial charge in [0.15, 0.2) is 0 Å². The maximum atomic E-state index is 13.5. The van der Waals surface area contributed by atoms with Crippen LogP contribution in [0, 0.1) is 24.1 Å². The Balaban J connectivity index is 2.35. The first-order valence-corrected chi connectivity index (χ1v) is 5.21. The Morgan fingerprint density at radius 3 is 2.94 bits per heavy atom. The number of hydrogen-bond acceptors (Lipinski definition) is 1. The lowest BCUT2D eigenvalue weighted by atomic mass is 10.1. The second-order valence-corrected chi connectivity index (χ2v) is 4.10. The molecule has 4 heteroatoms. The molecule has 0 aromatic heterocycles. The van der Waals surface area contributed by atoms with Crippen molar-refractivity contribution in [2.75, 3.05) is 11.4 Å². The number of carbonyl (C=O) groups excluding carboxylic acids is 1. The molecule has 1 unspecified atom stereocenters. The third kappa shape index (κ3) is 1.89. The first kappa shape index (κ1) is 11.0. The van der Waals surface area contributed by atoms with E-state index in [0.29, 0.717) is 11.6 Å². The van der Waals surface area contributed by atoms with Gasteiger partial charge in [0.25, 0.3) is 0 Å². The van der Waals surface area contributed by atoms with Crippen molar-refractivity contribution in [2.24, 2.45) is 5.92 Å². The molecular weight excluding hydrogens is 229 g/mol. The summed E-state index contributed by atoms with van der Waals surface area (Å²) in [5, 5.41) is 0.397. The van der Waals surface area contributed by atoms with Crippen molar-refractivity contribution in [1.29, 1.82) is 0 Å². The number of amides is 1. The predicted octanol–water partition coefficient (Wildman–Crippen LogP) is 2.47. The molecule has 1 atom stereocenters. The maximum absolute atomic E-state index is 13.5. The summed E-state index contributed by atoms with van der Waals surface area (Å²) < 4.78 is 13.5. The smallest absolute Gasteiger partial charge is 0.228 e. The zero-order valence-electron chi connectivity index (χ0n) is 8.41. The Hall–Kier alpha value is -1.53. The number of hydrogen-bond donors (Lipinski definition) is 0. The largest absolute Gasteiger partial charge is 0.308 e. The van der Waals surface area contributed by atoms with Gasteiger partial charge in [-0.3, -0.25) is 4.79 Å². The van der Waals surface area contributed by atoms with Crippen LogP contribution in [0.2, 0.25) is 5.02 Å². The van der Waals surface area contributed by atoms with E-state index in [1.54, 1.807) is 0 Å². The molecule has 0 radical (unpaired) electrons. The van der Waals surface area contributed by atoms with Crippen LogP contribution in [0.3, 0.4) is 0 Å². The molecule has 2 nitrogen and oxygen atoms in total. The van der Waals surface area contributed by atoms with Crippen LogP contribution in [-0.2, 0) is 4.79 Å². The third-order valence-electron chi connectivity index (χ3n) is 2.56. The fourth-order valence-corrected chi connectivity index (χ4v) is 1.91. The molecule has 0 bridgehead atoms. The van der Waals surface area contributed by atoms with Gasteiger partial charge in [0, 0.05) is 23.9 Å². The highest BCUT2D eigenvalue weighted by molar-refractivity contribution is 6.30. The number of benzene rings is 1. The highest BCUT2D eigenvalue weighted by atomic mass is 35.5. The molecule has 1 heterocycles. The number of terminal acetylenes is 1. The van der Waals surface area contributed by atoms with Crippen LogP contribution in [0.5, 0.6) is 0 Å². The number of halogens is 2. The summed E-state index contributed by atoms with van der Waals surface area (Å²) in [5.74, 6) is 1.74. The van der Waals surface area contributed by atoms with Gasteiger partial charge in [-0.05, 0) is 18.2 Å². The van der Waals surface area contributed by atoms with Gasteiger partial charge in [-0.15, -0.1) is 12.3 Å². The van der Waals surface area contributed by atoms with Crippen molar-refractivity contribution in [1.82, 2.24) is 0 Å². The summed E-state index contributed by atoms with van der Waals surface area (Å²) in [5.41, 5.74) is 0.204. The molecule has 1 aromatic carbocycles. The van der Waals surface area contributed by atoms with Crippen LogP contribution in [0.4, 0.5) is 10.1 Å². The summed E-state index contributed by atoms with van der Waals surface area (Å²) >= 11 is 5.77. The molecule has 1 saturated heterocycles. The van der Waals surface area contributed by atoms with E-state index in [4.69, 9.17) is 18.0 Å². The minimum atomic E-state index is -0.463. The lowest BCUT2D eigenvalue weighted by Crippen LogP contribution is -2.25. The lowest BCUT2D eigenvalue weighted by molar-refractivity contribution is -0.117. The average Bonchev–Trinajstić information content (AvgIpc) is 2.63. The Kier molecular flexibility index (Phi) is 2.84. The molecule has 0 saturated carbocycles. The van der Waals surface area contributed by atoms with E-state index in [-0.39, 0.29) is 23.9 Å². The molecule has 16 heavy (non-hydrogen) atoms. The van der Waals surface area contributed by atoms with Crippen molar-refractivity contribution in [3.8, 4) is 12.3 Å². The summed E-state index contributed by atoms with van der Waals surface area (Å²) in [6.07, 6.45) is 5.52. The van der Waals surface area contributed by atoms with Crippen LogP contribution in [0.25, 0.3) is 0 Å². The second-order valence-electron chi connectivity index (χ2n) is 3.67. The predicted molar refractivity (Wildman–Crippen MR) is 60.7 cm³/mol. The van der Waals surface area contributed by atoms with E-state index in [1.807, 2.05) is 0 Å². The van der Waals surface area contributed by atoms with Crippen molar-refractivity contribution < 1.29 is 9.18 Å². The van der Waals surface area contributed by atoms with Gasteiger partial charge in [0.2, 0.25) is 5.91 Å². The van der Waals surface area contributed by atoms with E-state index in [1.165, 1.54) is 23.1 Å². The van der Waals surface area contributed by atoms with Gasteiger partial charge < -0.3 is 4.90 Å². The Morgan fingerprint density at radius 1 is 1.56 bits per heavy atom. The highest BCUT2D eigenvalue weighted by Gasteiger charge is 2.30. The summed E-state index contributed by atoms with van der Waals surface area (Å²) in [4.78, 5) is 13.0. The number of nitrogens with zero attached hydrogens (tertiary/aromatic N) is 1. The second kappa shape index (κ2) is 4.15. The third-order valence-corrected chi connectivity index (χ3v) is 2.79. The van der Waals surface area contributed by atoms with Gasteiger partial charge in [-0.25, -0.2) is 4.39 Å². The molecule has 0 spiro atoms. The number of carbonyl (C=O) groups is 1. The fourth-order valence-electron chi connectivity index (χ4n) is 1.74. The minimum absolute atomic E-state index is 0.147. The van der Waals surface area contributed by atoms with Crippen LogP contribution in [0.1, 0.15) is 6.42 Å². The Labute approximate surface area is 98.0 Å². The molecular formula is C12H9ClFNO. The Morgan fingerprint density at radius 2 is 2.31 bits per heavy atom. The first-order valence-electron chi connectivity index (χ1n) is 4.83. The van der Waals surface area contributed by atoms with E-state index < -0.39 is 5.82 Å². The standard InChI is InChI=1S/C12H9ClFNO/c1-2-8-5-12(16)15(7-8)11-6-9(13)3-4-10(11)14/h1,3-4,6,8H,5,7H2. The normalized spacial score (nSPS) is 19.9. The average molecular weight is 238 g/mol. The van der Waals surface area contributed by atoms with E-state index in [2.05, 4.69) is 5.92 Å². The van der Waals surface area contributed by atoms with Crippen molar-refractivity contribution >= 4 is 23.2 Å². The molecule has 0 N–H and O–H groups in total. The molecule has 0 aliphatic carbocycles. The van der Waals surface area contributed by atoms with E-state index in [0.717, 1.165) is 0 Å². The van der Waals surface area contributed by atoms with Crippen LogP contribution in [0.15, 0.2) is 18.2 Å². The van der Waals surface area contributed by atoms with Crippen molar-refractivity contribution in [3.63, 3.8) is 0 Å². The molecule has 2 rings (SSSR count). The first-order chi connectivity index (χ1) is 7.61. The summed E-state index contributed by atoms with van der Waals surface area (Å²) in [7, 11) is 0. The maximum Gasteiger partial charge on any atom is 0.228 e. The number of anilines is 1. The van der Waals surface area contributed by atoms with Gasteiger partial charge >= 0.3 is 0 Å². The van der Waals surface area contributed by atoms with E-state index >= 15 is 0 Å². The van der Waals surface area contributed by atoms with Crippen molar-refractivity contribution in [3.05, 3.63) is 29.0 Å². The summed E-state index contributed by atoms with van der Waals surface area (Å²) in [6, 6.07) is 4.13. The molecule has 1 aliphatic heterocycles. The topological polar surface area (TPSA) is 20.3 Å². The zero-order chi connectivity index (χ0) is 11.7. The molecule has 1 aliphatic rings. The monoisotopic (exact) mass is 237 g/mol. The minimum Gasteiger partial charge on any atom is -0.308 e. The quantitative estimate of drug-likeness (QED) is 0.687. The van der Waals surface area contributed by atoms with Crippen LogP contribution in [-0.4, -0.2) is 12.5 Å². The number of rotatable bonds is 1. The lowest BCUT2D eigenvalue weighted by Gasteiger charge is -2.16. The SMILES string of the molecule is C#CC1CC(=O)N(c2cc(Cl)ccc2F)C1. The summed E-state index contributed by atoms with van der Waals surface area (Å²) in [6.45, 7) is 0.354. The van der Waals surface area contributed by atoms with Gasteiger partial charge in [0.05, 0.1) is 5.69 Å². The van der Waals surface area contributed by atoms with Crippen LogP contribution >= 0.6 is 11.6 Å². The molecule has 1 amide bonds. The van der Waals surface area contributed by atoms with Gasteiger partial charge in [0.1, 0.15) is 5.82 Å². The molecule has 82 valence electrons. The highest BCUT2D eigenvalue weighted by Crippen LogP contribution is 2.29. The van der Waals surface area contributed by atoms with Crippen LogP contribution < -0.4 is 4.90 Å².